The van der Waals surface area contributed by atoms with Crippen molar-refractivity contribution in [2.75, 3.05) is 6.54 Å². The first-order valence-corrected chi connectivity index (χ1v) is 4.62. The third-order valence-electron chi connectivity index (χ3n) is 1.87. The van der Waals surface area contributed by atoms with E-state index in [9.17, 15) is 9.59 Å². The minimum atomic E-state index is -0.186. The smallest absolute Gasteiger partial charge is 0.252 e. The fourth-order valence-corrected chi connectivity index (χ4v) is 1.14. The van der Waals surface area contributed by atoms with Gasteiger partial charge in [-0.25, -0.2) is 0 Å². The van der Waals surface area contributed by atoms with Gasteiger partial charge in [0.05, 0.1) is 0 Å². The number of rotatable bonds is 4. The van der Waals surface area contributed by atoms with Crippen LogP contribution in [0, 0.1) is 0 Å². The first-order valence-electron chi connectivity index (χ1n) is 4.62. The summed E-state index contributed by atoms with van der Waals surface area (Å²) in [7, 11) is 0. The maximum atomic E-state index is 11.5. The van der Waals surface area contributed by atoms with E-state index in [1.807, 2.05) is 6.92 Å². The molecule has 0 saturated heterocycles. The molecule has 0 spiro atoms. The molecule has 0 fully saturated rings. The lowest BCUT2D eigenvalue weighted by Gasteiger charge is -2.04. The summed E-state index contributed by atoms with van der Waals surface area (Å²) in [6, 6.07) is 6.76. The van der Waals surface area contributed by atoms with Gasteiger partial charge in [-0.3, -0.25) is 9.59 Å². The lowest BCUT2D eigenvalue weighted by molar-refractivity contribution is 0.0948. The summed E-state index contributed by atoms with van der Waals surface area (Å²) in [4.78, 5) is 22.1. The molecule has 0 bridgehead atoms. The summed E-state index contributed by atoms with van der Waals surface area (Å²) >= 11 is 0. The Morgan fingerprint density at radius 1 is 1.43 bits per heavy atom. The fourth-order valence-electron chi connectivity index (χ4n) is 1.14. The van der Waals surface area contributed by atoms with Crippen LogP contribution in [0.4, 0.5) is 0 Å². The third-order valence-corrected chi connectivity index (χ3v) is 1.87. The van der Waals surface area contributed by atoms with E-state index in [0.717, 1.165) is 6.42 Å². The number of aldehydes is 1. The zero-order valence-electron chi connectivity index (χ0n) is 8.12. The van der Waals surface area contributed by atoms with E-state index in [4.69, 9.17) is 0 Å². The maximum Gasteiger partial charge on any atom is 0.252 e. The second-order valence-corrected chi connectivity index (χ2v) is 2.96. The predicted octanol–water partition coefficient (Wildman–Crippen LogP) is 1.64. The molecule has 1 rings (SSSR count). The van der Waals surface area contributed by atoms with Crippen molar-refractivity contribution in [2.45, 2.75) is 13.3 Å². The average molecular weight is 191 g/mol. The largest absolute Gasteiger partial charge is 0.352 e. The van der Waals surface area contributed by atoms with Crippen LogP contribution in [0.2, 0.25) is 0 Å². The Balaban J connectivity index is 2.83. The highest BCUT2D eigenvalue weighted by Crippen LogP contribution is 2.05. The van der Waals surface area contributed by atoms with Crippen LogP contribution < -0.4 is 5.32 Å². The predicted molar refractivity (Wildman–Crippen MR) is 54.5 cm³/mol. The lowest BCUT2D eigenvalue weighted by Crippen LogP contribution is -2.24. The van der Waals surface area contributed by atoms with Gasteiger partial charge in [0.2, 0.25) is 0 Å². The molecule has 0 aliphatic heterocycles. The molecule has 74 valence electrons. The average Bonchev–Trinajstić information content (AvgIpc) is 2.25. The topological polar surface area (TPSA) is 46.2 Å². The lowest BCUT2D eigenvalue weighted by atomic mass is 10.1. The minimum absolute atomic E-state index is 0.186. The highest BCUT2D eigenvalue weighted by Gasteiger charge is 2.08. The highest BCUT2D eigenvalue weighted by atomic mass is 16.1. The number of amides is 1. The van der Waals surface area contributed by atoms with Crippen molar-refractivity contribution in [2.24, 2.45) is 0 Å². The SMILES string of the molecule is CCCNC(=O)c1ccccc1C=O. The van der Waals surface area contributed by atoms with Crippen LogP contribution in [0.5, 0.6) is 0 Å². The summed E-state index contributed by atoms with van der Waals surface area (Å²) in [5, 5.41) is 2.73. The number of hydrogen-bond acceptors (Lipinski definition) is 2. The van der Waals surface area contributed by atoms with Crippen LogP contribution in [0.15, 0.2) is 24.3 Å². The Hall–Kier alpha value is -1.64. The molecule has 0 aliphatic rings. The van der Waals surface area contributed by atoms with E-state index < -0.39 is 0 Å². The molecule has 1 amide bonds. The second-order valence-electron chi connectivity index (χ2n) is 2.96. The van der Waals surface area contributed by atoms with Gasteiger partial charge < -0.3 is 5.32 Å². The quantitative estimate of drug-likeness (QED) is 0.735. The number of carbonyl (C=O) groups is 2. The zero-order chi connectivity index (χ0) is 10.4. The van der Waals surface area contributed by atoms with Gasteiger partial charge >= 0.3 is 0 Å². The molecule has 3 nitrogen and oxygen atoms in total. The monoisotopic (exact) mass is 191 g/mol. The van der Waals surface area contributed by atoms with E-state index in [1.165, 1.54) is 0 Å². The molecule has 0 atom stereocenters. The number of hydrogen-bond donors (Lipinski definition) is 1. The van der Waals surface area contributed by atoms with Crippen LogP contribution in [0.1, 0.15) is 34.1 Å². The van der Waals surface area contributed by atoms with Crippen molar-refractivity contribution in [3.8, 4) is 0 Å². The number of nitrogens with one attached hydrogen (secondary N) is 1. The van der Waals surface area contributed by atoms with Gasteiger partial charge in [-0.15, -0.1) is 0 Å². The Morgan fingerprint density at radius 3 is 2.79 bits per heavy atom. The fraction of sp³-hybridized carbons (Fsp3) is 0.273. The summed E-state index contributed by atoms with van der Waals surface area (Å²) < 4.78 is 0. The molecule has 0 radical (unpaired) electrons. The van der Waals surface area contributed by atoms with Crippen molar-refractivity contribution in [3.63, 3.8) is 0 Å². The van der Waals surface area contributed by atoms with Crippen molar-refractivity contribution in [1.82, 2.24) is 5.32 Å². The first kappa shape index (κ1) is 10.4. The molecule has 0 heterocycles. The van der Waals surface area contributed by atoms with Gasteiger partial charge in [0, 0.05) is 17.7 Å². The van der Waals surface area contributed by atoms with Crippen LogP contribution in [-0.4, -0.2) is 18.7 Å². The molecule has 1 aromatic carbocycles. The summed E-state index contributed by atoms with van der Waals surface area (Å²) in [6.45, 7) is 2.61. The van der Waals surface area contributed by atoms with Crippen LogP contribution in [-0.2, 0) is 0 Å². The minimum Gasteiger partial charge on any atom is -0.352 e. The Kier molecular flexibility index (Phi) is 3.85. The van der Waals surface area contributed by atoms with Gasteiger partial charge in [-0.1, -0.05) is 25.1 Å². The van der Waals surface area contributed by atoms with Crippen molar-refractivity contribution >= 4 is 12.2 Å². The van der Waals surface area contributed by atoms with Crippen molar-refractivity contribution in [3.05, 3.63) is 35.4 Å². The molecule has 0 aromatic heterocycles. The molecule has 0 unspecified atom stereocenters. The van der Waals surface area contributed by atoms with Gasteiger partial charge in [-0.2, -0.15) is 0 Å². The Labute approximate surface area is 83.1 Å². The molecule has 0 saturated carbocycles. The molecule has 1 N–H and O–H groups in total. The third kappa shape index (κ3) is 2.42. The van der Waals surface area contributed by atoms with Crippen molar-refractivity contribution < 1.29 is 9.59 Å². The molecule has 0 aliphatic carbocycles. The normalized spacial score (nSPS) is 9.50. The van der Waals surface area contributed by atoms with E-state index >= 15 is 0 Å². The van der Waals surface area contributed by atoms with Gasteiger partial charge in [0.1, 0.15) is 0 Å². The molecule has 1 aromatic rings. The Morgan fingerprint density at radius 2 is 2.14 bits per heavy atom. The maximum absolute atomic E-state index is 11.5. The van der Waals surface area contributed by atoms with Crippen LogP contribution >= 0.6 is 0 Å². The zero-order valence-corrected chi connectivity index (χ0v) is 8.12. The van der Waals surface area contributed by atoms with E-state index in [1.54, 1.807) is 24.3 Å². The van der Waals surface area contributed by atoms with E-state index in [2.05, 4.69) is 5.32 Å². The van der Waals surface area contributed by atoms with E-state index in [0.29, 0.717) is 24.0 Å². The van der Waals surface area contributed by atoms with E-state index in [-0.39, 0.29) is 5.91 Å². The van der Waals surface area contributed by atoms with Crippen LogP contribution in [0.3, 0.4) is 0 Å². The molecule has 14 heavy (non-hydrogen) atoms. The molecule has 3 heteroatoms. The summed E-state index contributed by atoms with van der Waals surface area (Å²) in [5.41, 5.74) is 0.872. The van der Waals surface area contributed by atoms with Gasteiger partial charge in [-0.05, 0) is 12.5 Å². The van der Waals surface area contributed by atoms with Gasteiger partial charge in [0.25, 0.3) is 5.91 Å². The van der Waals surface area contributed by atoms with Gasteiger partial charge in [0.15, 0.2) is 6.29 Å². The number of carbonyl (C=O) groups excluding carboxylic acids is 2. The number of benzene rings is 1. The van der Waals surface area contributed by atoms with Crippen molar-refractivity contribution in [1.29, 1.82) is 0 Å². The first-order chi connectivity index (χ1) is 6.79. The standard InChI is InChI=1S/C11H13NO2/c1-2-7-12-11(14)10-6-4-3-5-9(10)8-13/h3-6,8H,2,7H2,1H3,(H,12,14). The summed E-state index contributed by atoms with van der Waals surface area (Å²) in [6.07, 6.45) is 1.58. The second kappa shape index (κ2) is 5.17. The highest BCUT2D eigenvalue weighted by molar-refractivity contribution is 6.01. The molecular weight excluding hydrogens is 178 g/mol. The Bertz CT molecular complexity index is 334. The van der Waals surface area contributed by atoms with Crippen LogP contribution in [0.25, 0.3) is 0 Å². The molecular formula is C11H13NO2. The summed E-state index contributed by atoms with van der Waals surface area (Å²) in [5.74, 6) is -0.186.